The van der Waals surface area contributed by atoms with Gasteiger partial charge in [0, 0.05) is 48.1 Å². The molecule has 5 nitrogen and oxygen atoms in total. The van der Waals surface area contributed by atoms with E-state index in [9.17, 15) is 0 Å². The molecule has 0 fully saturated rings. The molecule has 0 bridgehead atoms. The van der Waals surface area contributed by atoms with Gasteiger partial charge in [0.15, 0.2) is 0 Å². The average molecular weight is 800 g/mol. The summed E-state index contributed by atoms with van der Waals surface area (Å²) in [5.41, 5.74) is 45.1. The molecule has 0 spiro atoms. The number of hydrogen-bond donors (Lipinski definition) is 2. The normalized spacial score (nSPS) is 16.5. The first-order valence-electron chi connectivity index (χ1n) is 22.3. The summed E-state index contributed by atoms with van der Waals surface area (Å²) in [6.45, 7) is 1.45. The molecule has 63 heavy (non-hydrogen) atoms. The van der Waals surface area contributed by atoms with Crippen molar-refractivity contribution >= 4 is 68.0 Å². The van der Waals surface area contributed by atoms with Crippen LogP contribution < -0.4 is 44.2 Å². The molecule has 16 rings (SSSR count). The lowest BCUT2D eigenvalue weighted by Crippen LogP contribution is -2.46. The van der Waals surface area contributed by atoms with Crippen molar-refractivity contribution in [1.29, 1.82) is 0 Å². The molecule has 10 aromatic rings. The molecule has 6 heterocycles. The zero-order chi connectivity index (χ0) is 41.0. The Morgan fingerprint density at radius 3 is 1.27 bits per heavy atom. The predicted octanol–water partition coefficient (Wildman–Crippen LogP) is 6.67. The minimum absolute atomic E-state index is 0.136. The molecule has 2 atom stereocenters. The van der Waals surface area contributed by atoms with Crippen LogP contribution in [0.2, 0.25) is 0 Å². The van der Waals surface area contributed by atoms with Crippen molar-refractivity contribution in [3.63, 3.8) is 0 Å². The maximum absolute atomic E-state index is 6.55. The molecule has 4 aliphatic heterocycles. The van der Waals surface area contributed by atoms with E-state index in [-0.39, 0.29) is 25.3 Å². The highest BCUT2D eigenvalue weighted by Gasteiger charge is 2.46. The van der Waals surface area contributed by atoms with Gasteiger partial charge in [-0.3, -0.25) is 4.57 Å². The average Bonchev–Trinajstić information content (AvgIpc) is 4.19. The summed E-state index contributed by atoms with van der Waals surface area (Å²) in [5.74, 6) is 1.08. The third-order valence-corrected chi connectivity index (χ3v) is 16.0. The van der Waals surface area contributed by atoms with Gasteiger partial charge in [0.25, 0.3) is 0 Å². The van der Waals surface area contributed by atoms with Crippen molar-refractivity contribution < 1.29 is 0 Å². The molecular formula is C56H35B2N5. The number of benzene rings is 8. The van der Waals surface area contributed by atoms with Crippen LogP contribution in [0.5, 0.6) is 0 Å². The van der Waals surface area contributed by atoms with E-state index in [1.165, 1.54) is 133 Å². The zero-order valence-electron chi connectivity index (χ0n) is 34.2. The highest BCUT2D eigenvalue weighted by Crippen LogP contribution is 2.49. The predicted molar refractivity (Wildman–Crippen MR) is 260 cm³/mol. The van der Waals surface area contributed by atoms with Gasteiger partial charge in [-0.05, 0) is 131 Å². The molecule has 6 aliphatic rings. The number of nitrogens with two attached hydrogens (primary N) is 2. The largest absolute Gasteiger partial charge is 0.330 e. The number of aromatic nitrogens is 3. The molecule has 0 saturated heterocycles. The lowest BCUT2D eigenvalue weighted by molar-refractivity contribution is 0.842. The summed E-state index contributed by atoms with van der Waals surface area (Å²) >= 11 is 0. The quantitative estimate of drug-likeness (QED) is 0.196. The standard InChI is InChI=1S/C56H35B2N5/c59-26-46-30-10-3-1-8-28(30)36-18-40-32-12-5-14-34-42-20-44-45-21-43-35-15-6-13-33-41-19-37-29-9-2-4-11-31(29)47(27-60)39(37)23-49(41)58(55(33)35)51(43)25-53(45)63(56-61-16-7-17-62-56)52(44)24-50(42)57(54(32)34)48(40)22-38(36)46/h1-25,46-47H,26-27,59-60H2. The van der Waals surface area contributed by atoms with Crippen LogP contribution in [0.15, 0.2) is 152 Å². The Kier molecular flexibility index (Phi) is 6.02. The maximum atomic E-state index is 6.55. The van der Waals surface area contributed by atoms with E-state index in [0.29, 0.717) is 19.0 Å². The van der Waals surface area contributed by atoms with Crippen molar-refractivity contribution in [2.45, 2.75) is 11.8 Å². The van der Waals surface area contributed by atoms with Crippen molar-refractivity contribution in [3.8, 4) is 72.7 Å². The third-order valence-electron chi connectivity index (χ3n) is 16.0. The van der Waals surface area contributed by atoms with Crippen LogP contribution >= 0.6 is 0 Å². The van der Waals surface area contributed by atoms with Crippen molar-refractivity contribution in [3.05, 3.63) is 174 Å². The second-order valence-electron chi connectivity index (χ2n) is 18.5. The summed E-state index contributed by atoms with van der Waals surface area (Å²) in [4.78, 5) is 9.88. The smallest absolute Gasteiger partial charge is 0.244 e. The first kappa shape index (κ1) is 33.3. The van der Waals surface area contributed by atoms with Gasteiger partial charge in [0.05, 0.1) is 11.0 Å². The van der Waals surface area contributed by atoms with Gasteiger partial charge in [0.1, 0.15) is 0 Å². The lowest BCUT2D eigenvalue weighted by atomic mass is 9.41. The molecular weight excluding hydrogens is 764 g/mol. The Morgan fingerprint density at radius 2 is 0.810 bits per heavy atom. The molecule has 8 aromatic carbocycles. The Balaban J connectivity index is 0.935. The number of nitrogens with zero attached hydrogens (tertiary/aromatic N) is 3. The zero-order valence-corrected chi connectivity index (χ0v) is 34.2. The molecule has 0 amide bonds. The van der Waals surface area contributed by atoms with Crippen LogP contribution in [-0.4, -0.2) is 41.1 Å². The van der Waals surface area contributed by atoms with E-state index in [1.54, 1.807) is 0 Å². The SMILES string of the molecule is NCC1c2ccccc2-c2cc3c(cc21)B1c2cc4c(cc2-c2cccc-3c21)c1cc2c(cc1n4-c1ncccn1)B1c3cc4c(cc3-c3cccc-2c31)-c1ccccc1C4CN. The van der Waals surface area contributed by atoms with Crippen LogP contribution in [0.25, 0.3) is 94.5 Å². The van der Waals surface area contributed by atoms with E-state index in [1.807, 2.05) is 18.5 Å². The van der Waals surface area contributed by atoms with Gasteiger partial charge < -0.3 is 11.5 Å². The van der Waals surface area contributed by atoms with Gasteiger partial charge >= 0.3 is 0 Å². The molecule has 2 unspecified atom stereocenters. The van der Waals surface area contributed by atoms with Crippen molar-refractivity contribution in [2.24, 2.45) is 11.5 Å². The molecule has 290 valence electrons. The fourth-order valence-corrected chi connectivity index (χ4v) is 13.5. The second-order valence-corrected chi connectivity index (χ2v) is 18.5. The summed E-state index contributed by atoms with van der Waals surface area (Å²) < 4.78 is 2.33. The summed E-state index contributed by atoms with van der Waals surface area (Å²) in [6, 6.07) is 53.3. The second kappa shape index (κ2) is 11.4. The molecule has 0 saturated carbocycles. The molecule has 0 radical (unpaired) electrons. The van der Waals surface area contributed by atoms with Crippen molar-refractivity contribution in [1.82, 2.24) is 14.5 Å². The van der Waals surface area contributed by atoms with E-state index < -0.39 is 0 Å². The highest BCUT2D eigenvalue weighted by molar-refractivity contribution is 7.03. The fraction of sp³-hybridized carbons (Fsp3) is 0.0714. The van der Waals surface area contributed by atoms with Crippen LogP contribution in [0.3, 0.4) is 0 Å². The minimum Gasteiger partial charge on any atom is -0.330 e. The van der Waals surface area contributed by atoms with E-state index >= 15 is 0 Å². The monoisotopic (exact) mass is 799 g/mol. The first-order valence-corrected chi connectivity index (χ1v) is 22.3. The van der Waals surface area contributed by atoms with Gasteiger partial charge in [-0.2, -0.15) is 0 Å². The summed E-state index contributed by atoms with van der Waals surface area (Å²) in [7, 11) is 0. The Bertz CT molecular complexity index is 3580. The van der Waals surface area contributed by atoms with E-state index in [0.717, 1.165) is 11.0 Å². The van der Waals surface area contributed by atoms with Gasteiger partial charge in [-0.15, -0.1) is 0 Å². The highest BCUT2D eigenvalue weighted by atomic mass is 15.1. The molecule has 7 heteroatoms. The van der Waals surface area contributed by atoms with Crippen LogP contribution in [0.1, 0.15) is 34.1 Å². The van der Waals surface area contributed by atoms with Gasteiger partial charge in [-0.1, -0.05) is 130 Å². The minimum atomic E-state index is 0.136. The fourth-order valence-electron chi connectivity index (χ4n) is 13.5. The van der Waals surface area contributed by atoms with Crippen LogP contribution in [0, 0.1) is 0 Å². The molecule has 2 aliphatic carbocycles. The topological polar surface area (TPSA) is 82.8 Å². The van der Waals surface area contributed by atoms with Crippen molar-refractivity contribution in [2.75, 3.05) is 13.1 Å². The Morgan fingerprint density at radius 1 is 0.397 bits per heavy atom. The number of rotatable bonds is 3. The van der Waals surface area contributed by atoms with E-state index in [4.69, 9.17) is 21.4 Å². The van der Waals surface area contributed by atoms with E-state index in [2.05, 4.69) is 138 Å². The maximum Gasteiger partial charge on any atom is 0.244 e. The number of hydrogen-bond acceptors (Lipinski definition) is 4. The number of fused-ring (bicyclic) bond motifs is 21. The lowest BCUT2D eigenvalue weighted by Gasteiger charge is -2.15. The first-order chi connectivity index (χ1) is 31.2. The van der Waals surface area contributed by atoms with Gasteiger partial charge in [-0.25, -0.2) is 9.97 Å². The molecule has 4 N–H and O–H groups in total. The Hall–Kier alpha value is -7.31. The van der Waals surface area contributed by atoms with Gasteiger partial charge in [0.2, 0.25) is 19.4 Å². The Labute approximate surface area is 364 Å². The molecule has 2 aromatic heterocycles. The summed E-state index contributed by atoms with van der Waals surface area (Å²) in [6.07, 6.45) is 3.73. The third kappa shape index (κ3) is 3.85. The van der Waals surface area contributed by atoms with Crippen LogP contribution in [-0.2, 0) is 0 Å². The summed E-state index contributed by atoms with van der Waals surface area (Å²) in [5, 5.41) is 2.45. The van der Waals surface area contributed by atoms with Crippen LogP contribution in [0.4, 0.5) is 0 Å².